The summed E-state index contributed by atoms with van der Waals surface area (Å²) in [6.45, 7) is 1.37. The number of nitrogens with zero attached hydrogens (tertiary/aromatic N) is 3. The van der Waals surface area contributed by atoms with Crippen molar-refractivity contribution in [1.29, 1.82) is 0 Å². The molecule has 0 saturated carbocycles. The number of hydrogen-bond acceptors (Lipinski definition) is 9. The van der Waals surface area contributed by atoms with E-state index in [0.29, 0.717) is 60.8 Å². The number of hydrogen-bond donors (Lipinski definition) is 3. The molecule has 224 valence electrons. The summed E-state index contributed by atoms with van der Waals surface area (Å²) in [7, 11) is -4.19. The standard InChI is InChI=1S/C26H34ClN5O7S2/c1-28-40(34,35)21-5-3-4-20(10-21)38-17-19(33)13-29-18-12-26(39-16-18)6-8-32(9-7-26)41(36,37)22-11-24-25(30-14-22)23(27)15-31(24)2/h3-5,10-11,14-15,18-19,28-29,33H,6-9,12-13,16-17H2,1-2H3/t18-,19?/m1/s1. The van der Waals surface area contributed by atoms with E-state index in [1.807, 2.05) is 0 Å². The van der Waals surface area contributed by atoms with Crippen molar-refractivity contribution in [1.82, 2.24) is 23.9 Å². The van der Waals surface area contributed by atoms with Crippen LogP contribution < -0.4 is 14.8 Å². The van der Waals surface area contributed by atoms with E-state index in [0.717, 1.165) is 0 Å². The van der Waals surface area contributed by atoms with Crippen LogP contribution in [0.25, 0.3) is 11.0 Å². The number of sulfonamides is 2. The Labute approximate surface area is 244 Å². The van der Waals surface area contributed by atoms with Gasteiger partial charge in [-0.3, -0.25) is 4.98 Å². The highest BCUT2D eigenvalue weighted by Crippen LogP contribution is 2.37. The molecule has 4 heterocycles. The van der Waals surface area contributed by atoms with Gasteiger partial charge >= 0.3 is 0 Å². The fourth-order valence-electron chi connectivity index (χ4n) is 5.34. The Morgan fingerprint density at radius 2 is 1.98 bits per heavy atom. The first-order valence-corrected chi connectivity index (χ1v) is 16.6. The fourth-order valence-corrected chi connectivity index (χ4v) is 7.80. The van der Waals surface area contributed by atoms with Crippen molar-refractivity contribution in [3.63, 3.8) is 0 Å². The average Bonchev–Trinajstić information content (AvgIpc) is 3.49. The Morgan fingerprint density at radius 3 is 2.71 bits per heavy atom. The Balaban J connectivity index is 1.10. The SMILES string of the molecule is CNS(=O)(=O)c1cccc(OCC(O)CN[C@H]2COC3(CCN(S(=O)(=O)c4cnc5c(Cl)cn(C)c5c4)CC3)C2)c1. The van der Waals surface area contributed by atoms with Crippen molar-refractivity contribution in [2.75, 3.05) is 39.9 Å². The van der Waals surface area contributed by atoms with Gasteiger partial charge in [-0.15, -0.1) is 0 Å². The molecule has 5 rings (SSSR count). The number of pyridine rings is 1. The molecule has 2 aromatic heterocycles. The summed E-state index contributed by atoms with van der Waals surface area (Å²) in [4.78, 5) is 4.49. The maximum atomic E-state index is 13.4. The molecule has 2 atom stereocenters. The Hall–Kier alpha value is -2.30. The van der Waals surface area contributed by atoms with Crippen LogP contribution in [-0.2, 0) is 31.8 Å². The molecule has 1 spiro atoms. The summed E-state index contributed by atoms with van der Waals surface area (Å²) in [5, 5.41) is 14.2. The van der Waals surface area contributed by atoms with E-state index < -0.39 is 31.8 Å². The zero-order valence-electron chi connectivity index (χ0n) is 22.8. The van der Waals surface area contributed by atoms with Crippen molar-refractivity contribution >= 4 is 42.7 Å². The third-order valence-electron chi connectivity index (χ3n) is 7.71. The molecule has 0 aliphatic carbocycles. The van der Waals surface area contributed by atoms with Crippen LogP contribution in [-0.4, -0.2) is 93.4 Å². The lowest BCUT2D eigenvalue weighted by Gasteiger charge is -2.38. The predicted octanol–water partition coefficient (Wildman–Crippen LogP) is 1.48. The number of benzene rings is 1. The van der Waals surface area contributed by atoms with Crippen LogP contribution in [0.4, 0.5) is 0 Å². The van der Waals surface area contributed by atoms with Crippen molar-refractivity contribution in [2.45, 2.75) is 46.8 Å². The molecule has 15 heteroatoms. The molecule has 0 amide bonds. The lowest BCUT2D eigenvalue weighted by Crippen LogP contribution is -2.47. The summed E-state index contributed by atoms with van der Waals surface area (Å²) in [5.41, 5.74) is 0.799. The summed E-state index contributed by atoms with van der Waals surface area (Å²) in [5.74, 6) is 0.341. The van der Waals surface area contributed by atoms with Gasteiger partial charge in [0.15, 0.2) is 0 Å². The molecule has 0 bridgehead atoms. The molecule has 1 unspecified atom stereocenters. The minimum atomic E-state index is -3.72. The van der Waals surface area contributed by atoms with E-state index in [4.69, 9.17) is 21.1 Å². The maximum absolute atomic E-state index is 13.4. The molecular formula is C26H34ClN5O7S2. The molecule has 2 fully saturated rings. The molecule has 2 aliphatic heterocycles. The van der Waals surface area contributed by atoms with Crippen molar-refractivity contribution < 1.29 is 31.4 Å². The second-order valence-electron chi connectivity index (χ2n) is 10.5. The predicted molar refractivity (Wildman–Crippen MR) is 153 cm³/mol. The van der Waals surface area contributed by atoms with E-state index in [9.17, 15) is 21.9 Å². The maximum Gasteiger partial charge on any atom is 0.244 e. The minimum Gasteiger partial charge on any atom is -0.491 e. The summed E-state index contributed by atoms with van der Waals surface area (Å²) in [6.07, 6.45) is 4.06. The van der Waals surface area contributed by atoms with Gasteiger partial charge in [0.25, 0.3) is 0 Å². The number of rotatable bonds is 10. The van der Waals surface area contributed by atoms with Crippen LogP contribution in [0, 0.1) is 0 Å². The summed E-state index contributed by atoms with van der Waals surface area (Å²) in [6, 6.07) is 7.68. The van der Waals surface area contributed by atoms with Crippen molar-refractivity contribution in [3.05, 3.63) is 47.7 Å². The number of piperidine rings is 1. The topological polar surface area (TPSA) is 152 Å². The molecule has 0 radical (unpaired) electrons. The third-order valence-corrected chi connectivity index (χ3v) is 11.3. The van der Waals surface area contributed by atoms with Gasteiger partial charge in [0.1, 0.15) is 28.9 Å². The van der Waals surface area contributed by atoms with Gasteiger partial charge in [0.2, 0.25) is 20.0 Å². The highest BCUT2D eigenvalue weighted by molar-refractivity contribution is 7.89. The van der Waals surface area contributed by atoms with E-state index in [1.165, 1.54) is 29.7 Å². The summed E-state index contributed by atoms with van der Waals surface area (Å²) < 4.78 is 67.9. The largest absolute Gasteiger partial charge is 0.491 e. The fraction of sp³-hybridized carbons (Fsp3) is 0.500. The van der Waals surface area contributed by atoms with Crippen molar-refractivity contribution in [2.24, 2.45) is 7.05 Å². The van der Waals surface area contributed by atoms with Gasteiger partial charge in [-0.05, 0) is 44.5 Å². The smallest absolute Gasteiger partial charge is 0.244 e. The first-order chi connectivity index (χ1) is 19.4. The normalized spacial score (nSPS) is 20.5. The molecule has 1 aromatic carbocycles. The average molecular weight is 628 g/mol. The molecule has 41 heavy (non-hydrogen) atoms. The number of ether oxygens (including phenoxy) is 2. The van der Waals surface area contributed by atoms with Crippen molar-refractivity contribution in [3.8, 4) is 5.75 Å². The highest BCUT2D eigenvalue weighted by atomic mass is 35.5. The van der Waals surface area contributed by atoms with Crippen LogP contribution in [0.3, 0.4) is 0 Å². The van der Waals surface area contributed by atoms with Crippen LogP contribution in [0.1, 0.15) is 19.3 Å². The van der Waals surface area contributed by atoms with Crippen LogP contribution in [0.2, 0.25) is 5.02 Å². The third kappa shape index (κ3) is 6.39. The first-order valence-electron chi connectivity index (χ1n) is 13.2. The van der Waals surface area contributed by atoms with Gasteiger partial charge in [0.05, 0.1) is 27.6 Å². The van der Waals surface area contributed by atoms with Crippen LogP contribution >= 0.6 is 11.6 Å². The van der Waals surface area contributed by atoms with Gasteiger partial charge in [-0.25, -0.2) is 21.6 Å². The first kappa shape index (κ1) is 30.2. The van der Waals surface area contributed by atoms with Gasteiger partial charge in [0, 0.05) is 51.2 Å². The number of halogens is 1. The number of nitrogens with one attached hydrogen (secondary N) is 2. The molecule has 2 saturated heterocycles. The second-order valence-corrected chi connectivity index (χ2v) is 14.7. The number of aliphatic hydroxyl groups excluding tert-OH is 1. The number of aliphatic hydroxyl groups is 1. The Kier molecular flexibility index (Phi) is 8.66. The van der Waals surface area contributed by atoms with Crippen LogP contribution in [0.15, 0.2) is 52.5 Å². The quantitative estimate of drug-likeness (QED) is 0.303. The van der Waals surface area contributed by atoms with Gasteiger partial charge in [-0.1, -0.05) is 17.7 Å². The van der Waals surface area contributed by atoms with Gasteiger partial charge < -0.3 is 24.5 Å². The molecule has 3 aromatic rings. The zero-order valence-corrected chi connectivity index (χ0v) is 25.2. The summed E-state index contributed by atoms with van der Waals surface area (Å²) >= 11 is 6.18. The highest BCUT2D eigenvalue weighted by Gasteiger charge is 2.44. The second kappa shape index (κ2) is 11.8. The number of aromatic nitrogens is 2. The lowest BCUT2D eigenvalue weighted by molar-refractivity contribution is -0.0312. The number of fused-ring (bicyclic) bond motifs is 1. The Bertz CT molecular complexity index is 1620. The lowest BCUT2D eigenvalue weighted by atomic mass is 9.88. The van der Waals surface area contributed by atoms with E-state index in [1.54, 1.807) is 36.0 Å². The monoisotopic (exact) mass is 627 g/mol. The van der Waals surface area contributed by atoms with E-state index in [-0.39, 0.29) is 29.0 Å². The van der Waals surface area contributed by atoms with E-state index in [2.05, 4.69) is 15.0 Å². The molecule has 12 nitrogen and oxygen atoms in total. The molecular weight excluding hydrogens is 594 g/mol. The molecule has 3 N–H and O–H groups in total. The van der Waals surface area contributed by atoms with E-state index >= 15 is 0 Å². The number of aryl methyl sites for hydroxylation is 1. The van der Waals surface area contributed by atoms with Crippen LogP contribution in [0.5, 0.6) is 5.75 Å². The minimum absolute atomic E-state index is 0.00519. The zero-order chi connectivity index (χ0) is 29.4. The van der Waals surface area contributed by atoms with Gasteiger partial charge in [-0.2, -0.15) is 4.31 Å². The Morgan fingerprint density at radius 1 is 1.22 bits per heavy atom. The molecule has 2 aliphatic rings.